The molecule has 25 heavy (non-hydrogen) atoms. The Balaban J connectivity index is 0.00000225. The molecule has 2 aromatic rings. The number of amides is 1. The number of rotatable bonds is 6. The van der Waals surface area contributed by atoms with Crippen molar-refractivity contribution in [3.8, 4) is 11.4 Å². The molecule has 0 bridgehead atoms. The number of benzene rings is 1. The zero-order valence-corrected chi connectivity index (χ0v) is 15.4. The van der Waals surface area contributed by atoms with Crippen LogP contribution >= 0.6 is 24.2 Å². The zero-order valence-electron chi connectivity index (χ0n) is 13.7. The molecule has 1 aromatic heterocycles. The van der Waals surface area contributed by atoms with Crippen molar-refractivity contribution in [3.63, 3.8) is 0 Å². The fraction of sp³-hybridized carbons (Fsp3) is 0.438. The van der Waals surface area contributed by atoms with E-state index in [0.29, 0.717) is 56.1 Å². The van der Waals surface area contributed by atoms with E-state index < -0.39 is 0 Å². The van der Waals surface area contributed by atoms with Crippen LogP contribution in [0.1, 0.15) is 11.5 Å². The van der Waals surface area contributed by atoms with Crippen LogP contribution in [-0.4, -0.2) is 53.0 Å². The molecule has 3 rings (SSSR count). The summed E-state index contributed by atoms with van der Waals surface area (Å²) in [5.41, 5.74) is 7.53. The predicted molar refractivity (Wildman–Crippen MR) is 98.4 cm³/mol. The Morgan fingerprint density at radius 3 is 2.64 bits per heavy atom. The highest BCUT2D eigenvalue weighted by Crippen LogP contribution is 2.19. The molecule has 1 saturated heterocycles. The van der Waals surface area contributed by atoms with E-state index in [1.807, 2.05) is 29.2 Å². The molecule has 1 aliphatic rings. The first-order valence-electron chi connectivity index (χ1n) is 7.81. The molecule has 1 fully saturated rings. The van der Waals surface area contributed by atoms with Gasteiger partial charge in [-0.25, -0.2) is 0 Å². The molecule has 1 amide bonds. The van der Waals surface area contributed by atoms with Crippen molar-refractivity contribution < 1.29 is 14.1 Å². The first-order valence-corrected chi connectivity index (χ1v) is 8.97. The molecule has 2 heterocycles. The van der Waals surface area contributed by atoms with Gasteiger partial charge in [0.2, 0.25) is 17.6 Å². The van der Waals surface area contributed by atoms with Crippen LogP contribution < -0.4 is 5.73 Å². The lowest BCUT2D eigenvalue weighted by molar-refractivity contribution is -0.132. The molecule has 0 aliphatic carbocycles. The molecule has 136 valence electrons. The number of morpholine rings is 1. The van der Waals surface area contributed by atoms with Gasteiger partial charge >= 0.3 is 0 Å². The average Bonchev–Trinajstić information content (AvgIpc) is 3.11. The zero-order chi connectivity index (χ0) is 16.8. The quantitative estimate of drug-likeness (QED) is 0.809. The van der Waals surface area contributed by atoms with Crippen LogP contribution in [0.2, 0.25) is 0 Å². The molecule has 9 heteroatoms. The summed E-state index contributed by atoms with van der Waals surface area (Å²) in [6.07, 6.45) is 0. The molecule has 0 unspecified atom stereocenters. The molecule has 1 aliphatic heterocycles. The lowest BCUT2D eigenvalue weighted by Gasteiger charge is -2.26. The molecule has 2 N–H and O–H groups in total. The van der Waals surface area contributed by atoms with Gasteiger partial charge in [-0.05, 0) is 5.56 Å². The third kappa shape index (κ3) is 5.43. The molecule has 0 atom stereocenters. The third-order valence-electron chi connectivity index (χ3n) is 3.73. The number of thioether (sulfide) groups is 1. The predicted octanol–water partition coefficient (Wildman–Crippen LogP) is 1.71. The highest BCUT2D eigenvalue weighted by atomic mass is 35.5. The monoisotopic (exact) mass is 384 g/mol. The van der Waals surface area contributed by atoms with Crippen LogP contribution in [0.4, 0.5) is 0 Å². The lowest BCUT2D eigenvalue weighted by Crippen LogP contribution is -2.41. The Labute approximate surface area is 156 Å². The second kappa shape index (κ2) is 9.76. The molecular weight excluding hydrogens is 364 g/mol. The highest BCUT2D eigenvalue weighted by molar-refractivity contribution is 7.99. The number of aromatic nitrogens is 2. The summed E-state index contributed by atoms with van der Waals surface area (Å²) in [5, 5.41) is 3.99. The van der Waals surface area contributed by atoms with Crippen molar-refractivity contribution in [3.05, 3.63) is 35.7 Å². The van der Waals surface area contributed by atoms with Crippen LogP contribution in [0.5, 0.6) is 0 Å². The van der Waals surface area contributed by atoms with Crippen molar-refractivity contribution in [1.29, 1.82) is 0 Å². The number of nitrogens with zero attached hydrogens (tertiary/aromatic N) is 3. The summed E-state index contributed by atoms with van der Waals surface area (Å²) in [5.74, 6) is 2.12. The first-order chi connectivity index (χ1) is 11.8. The third-order valence-corrected chi connectivity index (χ3v) is 4.63. The largest absolute Gasteiger partial charge is 0.378 e. The van der Waals surface area contributed by atoms with E-state index in [0.717, 1.165) is 11.1 Å². The average molecular weight is 385 g/mol. The molecule has 7 nitrogen and oxygen atoms in total. The second-order valence-electron chi connectivity index (χ2n) is 5.40. The maximum absolute atomic E-state index is 12.0. The van der Waals surface area contributed by atoms with Gasteiger partial charge in [0.05, 0.1) is 24.7 Å². The summed E-state index contributed by atoms with van der Waals surface area (Å²) in [7, 11) is 0. The standard InChI is InChI=1S/C16H20N4O3S.ClH/c17-9-12-1-3-13(4-2-12)16-18-14(23-19-16)10-24-11-15(21)20-5-7-22-8-6-20;/h1-4H,5-11,17H2;1H. The smallest absolute Gasteiger partial charge is 0.236 e. The fourth-order valence-corrected chi connectivity index (χ4v) is 3.10. The summed E-state index contributed by atoms with van der Waals surface area (Å²) in [6.45, 7) is 3.08. The SMILES string of the molecule is Cl.NCc1ccc(-c2noc(CSCC(=O)N3CCOCC3)n2)cc1. The maximum Gasteiger partial charge on any atom is 0.236 e. The van der Waals surface area contributed by atoms with Gasteiger partial charge in [-0.1, -0.05) is 29.4 Å². The van der Waals surface area contributed by atoms with Gasteiger partial charge in [0.1, 0.15) is 0 Å². The Hall–Kier alpha value is -1.61. The van der Waals surface area contributed by atoms with Gasteiger partial charge in [0.25, 0.3) is 0 Å². The maximum atomic E-state index is 12.0. The van der Waals surface area contributed by atoms with Gasteiger partial charge in [-0.15, -0.1) is 24.2 Å². The van der Waals surface area contributed by atoms with Crippen LogP contribution in [0.3, 0.4) is 0 Å². The highest BCUT2D eigenvalue weighted by Gasteiger charge is 2.17. The molecule has 0 spiro atoms. The summed E-state index contributed by atoms with van der Waals surface area (Å²) in [4.78, 5) is 18.2. The van der Waals surface area contributed by atoms with Crippen molar-refractivity contribution in [2.45, 2.75) is 12.3 Å². The van der Waals surface area contributed by atoms with E-state index in [1.165, 1.54) is 11.8 Å². The van der Waals surface area contributed by atoms with Gasteiger partial charge in [0.15, 0.2) is 0 Å². The van der Waals surface area contributed by atoms with E-state index in [-0.39, 0.29) is 18.3 Å². The van der Waals surface area contributed by atoms with Crippen LogP contribution in [-0.2, 0) is 21.8 Å². The number of ether oxygens (including phenoxy) is 1. The lowest BCUT2D eigenvalue weighted by atomic mass is 10.1. The number of nitrogens with two attached hydrogens (primary N) is 1. The minimum atomic E-state index is 0. The Bertz CT molecular complexity index is 674. The normalized spacial score (nSPS) is 14.2. The van der Waals surface area contributed by atoms with E-state index in [1.54, 1.807) is 0 Å². The van der Waals surface area contributed by atoms with Crippen LogP contribution in [0, 0.1) is 0 Å². The van der Waals surface area contributed by atoms with E-state index in [4.69, 9.17) is 15.0 Å². The summed E-state index contributed by atoms with van der Waals surface area (Å²) in [6, 6.07) is 7.74. The van der Waals surface area contributed by atoms with Crippen molar-refractivity contribution in [2.24, 2.45) is 5.73 Å². The van der Waals surface area contributed by atoms with Crippen molar-refractivity contribution in [2.75, 3.05) is 32.1 Å². The van der Waals surface area contributed by atoms with Crippen LogP contribution in [0.25, 0.3) is 11.4 Å². The Kier molecular flexibility index (Phi) is 7.70. The molecular formula is C16H21ClN4O3S. The fourth-order valence-electron chi connectivity index (χ4n) is 2.35. The first kappa shape index (κ1) is 19.7. The summed E-state index contributed by atoms with van der Waals surface area (Å²) >= 11 is 1.48. The van der Waals surface area contributed by atoms with Gasteiger partial charge in [-0.3, -0.25) is 4.79 Å². The van der Waals surface area contributed by atoms with Crippen molar-refractivity contribution in [1.82, 2.24) is 15.0 Å². The molecule has 1 aromatic carbocycles. The molecule has 0 saturated carbocycles. The number of hydrogen-bond acceptors (Lipinski definition) is 7. The Morgan fingerprint density at radius 2 is 1.96 bits per heavy atom. The molecule has 0 radical (unpaired) electrons. The minimum absolute atomic E-state index is 0. The summed E-state index contributed by atoms with van der Waals surface area (Å²) < 4.78 is 10.5. The minimum Gasteiger partial charge on any atom is -0.378 e. The second-order valence-corrected chi connectivity index (χ2v) is 6.38. The number of carbonyl (C=O) groups excluding carboxylic acids is 1. The van der Waals surface area contributed by atoms with Crippen LogP contribution in [0.15, 0.2) is 28.8 Å². The number of hydrogen-bond donors (Lipinski definition) is 1. The van der Waals surface area contributed by atoms with Crippen molar-refractivity contribution >= 4 is 30.1 Å². The number of carbonyl (C=O) groups is 1. The van der Waals surface area contributed by atoms with E-state index >= 15 is 0 Å². The van der Waals surface area contributed by atoms with E-state index in [9.17, 15) is 4.79 Å². The van der Waals surface area contributed by atoms with Gasteiger partial charge in [-0.2, -0.15) is 4.98 Å². The van der Waals surface area contributed by atoms with Gasteiger partial charge in [0, 0.05) is 25.2 Å². The Morgan fingerprint density at radius 1 is 1.24 bits per heavy atom. The topological polar surface area (TPSA) is 94.5 Å². The van der Waals surface area contributed by atoms with E-state index in [2.05, 4.69) is 10.1 Å². The van der Waals surface area contributed by atoms with Gasteiger partial charge < -0.3 is 19.9 Å². The number of halogens is 1.